The van der Waals surface area contributed by atoms with Crippen LogP contribution in [-0.2, 0) is 9.53 Å². The maximum Gasteiger partial charge on any atom is 0.308 e. The molecular weight excluding hydrogens is 396 g/mol. The summed E-state index contributed by atoms with van der Waals surface area (Å²) in [5, 5.41) is 2.75. The van der Waals surface area contributed by atoms with E-state index in [0.29, 0.717) is 43.5 Å². The Morgan fingerprint density at radius 2 is 2.03 bits per heavy atom. The van der Waals surface area contributed by atoms with E-state index in [4.69, 9.17) is 9.47 Å². The lowest BCUT2D eigenvalue weighted by atomic mass is 10.0. The number of halogens is 2. The summed E-state index contributed by atoms with van der Waals surface area (Å²) in [5.74, 6) is -3.00. The fourth-order valence-corrected chi connectivity index (χ4v) is 3.30. The minimum absolute atomic E-state index is 0.0583. The van der Waals surface area contributed by atoms with Crippen LogP contribution in [0, 0.1) is 11.8 Å². The first-order valence-corrected chi connectivity index (χ1v) is 10.5. The molecule has 1 amide bonds. The van der Waals surface area contributed by atoms with Gasteiger partial charge >= 0.3 is 5.97 Å². The van der Waals surface area contributed by atoms with Crippen LogP contribution in [0.25, 0.3) is 0 Å². The Balaban J connectivity index is 1.65. The maximum atomic E-state index is 13.3. The topological polar surface area (TPSA) is 80.8 Å². The van der Waals surface area contributed by atoms with Crippen LogP contribution in [0.1, 0.15) is 50.0 Å². The Labute approximate surface area is 175 Å². The number of pyridine rings is 1. The fraction of sp³-hybridized carbons (Fsp3) is 0.667. The van der Waals surface area contributed by atoms with Gasteiger partial charge < -0.3 is 19.7 Å². The van der Waals surface area contributed by atoms with Gasteiger partial charge in [-0.25, -0.2) is 13.8 Å². The molecule has 1 aromatic heterocycles. The first kappa shape index (κ1) is 22.2. The molecular formula is C21H29F2N3O4. The van der Waals surface area contributed by atoms with E-state index in [0.717, 1.165) is 12.8 Å². The standard InChI is InChI=1S/C21H29F2N3O4/c1-3-15(20(28)29-4-2)9-10-24-19(27)18-16(26-12-21(22,23)13-26)7-8-17(25-18)30-11-14-5-6-14/h7-8,14-15H,3-6,9-13H2,1-2H3,(H,24,27). The van der Waals surface area contributed by atoms with E-state index in [1.54, 1.807) is 19.1 Å². The summed E-state index contributed by atoms with van der Waals surface area (Å²) < 4.78 is 37.4. The van der Waals surface area contributed by atoms with Crippen LogP contribution in [0.3, 0.4) is 0 Å². The van der Waals surface area contributed by atoms with Crippen molar-refractivity contribution in [3.8, 4) is 5.88 Å². The molecule has 0 aromatic carbocycles. The van der Waals surface area contributed by atoms with Crippen LogP contribution in [0.15, 0.2) is 12.1 Å². The molecule has 1 aliphatic heterocycles. The molecule has 1 aliphatic carbocycles. The molecule has 9 heteroatoms. The smallest absolute Gasteiger partial charge is 0.308 e. The van der Waals surface area contributed by atoms with Gasteiger partial charge in [0.05, 0.1) is 37.9 Å². The van der Waals surface area contributed by atoms with Crippen molar-refractivity contribution in [1.82, 2.24) is 10.3 Å². The highest BCUT2D eigenvalue weighted by Gasteiger charge is 2.45. The predicted octanol–water partition coefficient (Wildman–Crippen LogP) is 3.03. The van der Waals surface area contributed by atoms with Gasteiger partial charge in [0.2, 0.25) is 5.88 Å². The first-order chi connectivity index (χ1) is 14.3. The normalized spacial score (nSPS) is 18.3. The van der Waals surface area contributed by atoms with E-state index in [1.165, 1.54) is 4.90 Å². The number of amides is 1. The molecule has 2 fully saturated rings. The fourth-order valence-electron chi connectivity index (χ4n) is 3.30. The summed E-state index contributed by atoms with van der Waals surface area (Å²) in [6, 6.07) is 3.21. The summed E-state index contributed by atoms with van der Waals surface area (Å²) >= 11 is 0. The van der Waals surface area contributed by atoms with Crippen molar-refractivity contribution in [3.63, 3.8) is 0 Å². The van der Waals surface area contributed by atoms with Gasteiger partial charge in [0.15, 0.2) is 5.69 Å². The van der Waals surface area contributed by atoms with Crippen molar-refractivity contribution in [2.75, 3.05) is 37.7 Å². The summed E-state index contributed by atoms with van der Waals surface area (Å²) in [6.07, 6.45) is 3.27. The number of alkyl halides is 2. The average molecular weight is 425 g/mol. The monoisotopic (exact) mass is 425 g/mol. The molecule has 30 heavy (non-hydrogen) atoms. The summed E-state index contributed by atoms with van der Waals surface area (Å²) in [6.45, 7) is 3.83. The van der Waals surface area contributed by atoms with Crippen LogP contribution in [0.2, 0.25) is 0 Å². The van der Waals surface area contributed by atoms with Gasteiger partial charge in [-0.05, 0) is 44.6 Å². The Bertz CT molecular complexity index is 763. The SMILES string of the molecule is CCOC(=O)C(CC)CCNC(=O)c1nc(OCC2CC2)ccc1N1CC(F)(F)C1. The molecule has 0 radical (unpaired) electrons. The maximum absolute atomic E-state index is 13.3. The van der Waals surface area contributed by atoms with Crippen molar-refractivity contribution in [2.45, 2.75) is 45.5 Å². The highest BCUT2D eigenvalue weighted by Crippen LogP contribution is 2.34. The molecule has 2 aliphatic rings. The number of hydrogen-bond acceptors (Lipinski definition) is 6. The molecule has 1 saturated heterocycles. The van der Waals surface area contributed by atoms with Gasteiger partial charge in [-0.15, -0.1) is 0 Å². The van der Waals surface area contributed by atoms with Crippen LogP contribution in [-0.4, -0.2) is 55.6 Å². The number of anilines is 1. The second-order valence-corrected chi connectivity index (χ2v) is 7.89. The largest absolute Gasteiger partial charge is 0.477 e. The number of nitrogens with zero attached hydrogens (tertiary/aromatic N) is 2. The second-order valence-electron chi connectivity index (χ2n) is 7.89. The number of rotatable bonds is 11. The number of hydrogen-bond donors (Lipinski definition) is 1. The van der Waals surface area contributed by atoms with Gasteiger partial charge in [0.1, 0.15) is 0 Å². The summed E-state index contributed by atoms with van der Waals surface area (Å²) in [7, 11) is 0. The zero-order valence-electron chi connectivity index (χ0n) is 17.5. The highest BCUT2D eigenvalue weighted by molar-refractivity contribution is 5.98. The lowest BCUT2D eigenvalue weighted by molar-refractivity contribution is -0.148. The molecule has 1 unspecified atom stereocenters. The molecule has 0 bridgehead atoms. The molecule has 7 nitrogen and oxygen atoms in total. The van der Waals surface area contributed by atoms with Crippen molar-refractivity contribution in [2.24, 2.45) is 11.8 Å². The summed E-state index contributed by atoms with van der Waals surface area (Å²) in [5.41, 5.74) is 0.414. The number of nitrogens with one attached hydrogen (secondary N) is 1. The molecule has 1 saturated carbocycles. The van der Waals surface area contributed by atoms with Crippen LogP contribution >= 0.6 is 0 Å². The van der Waals surface area contributed by atoms with Crippen molar-refractivity contribution >= 4 is 17.6 Å². The van der Waals surface area contributed by atoms with E-state index in [-0.39, 0.29) is 24.1 Å². The van der Waals surface area contributed by atoms with Crippen LogP contribution < -0.4 is 15.0 Å². The number of ether oxygens (including phenoxy) is 2. The molecule has 0 spiro atoms. The van der Waals surface area contributed by atoms with E-state index >= 15 is 0 Å². The Kier molecular flexibility index (Phi) is 7.10. The zero-order chi connectivity index (χ0) is 21.7. The number of esters is 1. The Hall–Kier alpha value is -2.45. The minimum atomic E-state index is -2.76. The highest BCUT2D eigenvalue weighted by atomic mass is 19.3. The van der Waals surface area contributed by atoms with E-state index in [1.807, 2.05) is 6.92 Å². The lowest BCUT2D eigenvalue weighted by Gasteiger charge is -2.40. The van der Waals surface area contributed by atoms with Crippen LogP contribution in [0.5, 0.6) is 5.88 Å². The van der Waals surface area contributed by atoms with E-state index in [9.17, 15) is 18.4 Å². The molecule has 2 heterocycles. The predicted molar refractivity (Wildman–Crippen MR) is 107 cm³/mol. The number of aromatic nitrogens is 1. The van der Waals surface area contributed by atoms with Gasteiger partial charge in [-0.3, -0.25) is 9.59 Å². The first-order valence-electron chi connectivity index (χ1n) is 10.5. The molecule has 1 atom stereocenters. The molecule has 1 N–H and O–H groups in total. The van der Waals surface area contributed by atoms with E-state index in [2.05, 4.69) is 10.3 Å². The van der Waals surface area contributed by atoms with Gasteiger partial charge in [0.25, 0.3) is 11.8 Å². The quantitative estimate of drug-likeness (QED) is 0.549. The lowest BCUT2D eigenvalue weighted by Crippen LogP contribution is -2.57. The van der Waals surface area contributed by atoms with Crippen molar-refractivity contribution < 1.29 is 27.8 Å². The van der Waals surface area contributed by atoms with Crippen molar-refractivity contribution in [1.29, 1.82) is 0 Å². The average Bonchev–Trinajstić information content (AvgIpc) is 3.52. The van der Waals surface area contributed by atoms with Crippen molar-refractivity contribution in [3.05, 3.63) is 17.8 Å². The molecule has 3 rings (SSSR count). The molecule has 1 aromatic rings. The van der Waals surface area contributed by atoms with E-state index < -0.39 is 24.9 Å². The zero-order valence-corrected chi connectivity index (χ0v) is 17.5. The van der Waals surface area contributed by atoms with Gasteiger partial charge in [-0.2, -0.15) is 0 Å². The number of carbonyl (C=O) groups is 2. The van der Waals surface area contributed by atoms with Crippen LogP contribution in [0.4, 0.5) is 14.5 Å². The Morgan fingerprint density at radius 1 is 1.30 bits per heavy atom. The third-order valence-corrected chi connectivity index (χ3v) is 5.30. The Morgan fingerprint density at radius 3 is 2.63 bits per heavy atom. The summed E-state index contributed by atoms with van der Waals surface area (Å²) in [4.78, 5) is 30.4. The molecule has 166 valence electrons. The van der Waals surface area contributed by atoms with Gasteiger partial charge in [-0.1, -0.05) is 6.92 Å². The minimum Gasteiger partial charge on any atom is -0.477 e. The third-order valence-electron chi connectivity index (χ3n) is 5.30. The third kappa shape index (κ3) is 5.79. The van der Waals surface area contributed by atoms with Gasteiger partial charge in [0, 0.05) is 12.6 Å². The second kappa shape index (κ2) is 9.57. The number of carbonyl (C=O) groups excluding carboxylic acids is 2.